The maximum atomic E-state index is 14.1. The van der Waals surface area contributed by atoms with Gasteiger partial charge in [0, 0.05) is 29.9 Å². The van der Waals surface area contributed by atoms with Gasteiger partial charge in [-0.05, 0) is 44.4 Å². The van der Waals surface area contributed by atoms with Crippen molar-refractivity contribution in [1.82, 2.24) is 19.5 Å². The van der Waals surface area contributed by atoms with E-state index in [1.54, 1.807) is 13.0 Å². The Morgan fingerprint density at radius 1 is 1.12 bits per heavy atom. The van der Waals surface area contributed by atoms with Crippen molar-refractivity contribution >= 4 is 38.8 Å². The standard InChI is InChI=1S/C28H30N4O7S/c1-18-20-9-3-4-10-23(20)38-25(18)39-27(35)30-28(12-5-2-6-13-28)26(34)31-15-11-21-24(31)22(33)17-32(21)40(36,37)19-8-7-14-29-16-19/h3-4,7-10,14,16,21,24H,2,5-6,11-13,15,17H2,1H3,(H,30,35). The van der Waals surface area contributed by atoms with Gasteiger partial charge in [0.25, 0.3) is 5.95 Å². The SMILES string of the molecule is Cc1c(OC(=O)NC2(C(=O)N3CCC4C3C(=O)CN4S(=O)(=O)c3cccnc3)CCCCC2)oc2ccccc12. The fourth-order valence-corrected chi connectivity index (χ4v) is 7.92. The number of aromatic nitrogens is 1. The lowest BCUT2D eigenvalue weighted by atomic mass is 9.80. The van der Waals surface area contributed by atoms with Crippen LogP contribution in [-0.2, 0) is 19.6 Å². The average molecular weight is 567 g/mol. The van der Waals surface area contributed by atoms with Crippen LogP contribution in [0.4, 0.5) is 4.79 Å². The number of likely N-dealkylation sites (tertiary alicyclic amines) is 1. The number of furan rings is 1. The van der Waals surface area contributed by atoms with E-state index in [4.69, 9.17) is 9.15 Å². The van der Waals surface area contributed by atoms with Crippen LogP contribution in [0.25, 0.3) is 11.0 Å². The molecule has 3 fully saturated rings. The molecule has 2 unspecified atom stereocenters. The maximum absolute atomic E-state index is 14.1. The van der Waals surface area contributed by atoms with Crippen molar-refractivity contribution in [2.45, 2.75) is 68.0 Å². The summed E-state index contributed by atoms with van der Waals surface area (Å²) in [5, 5.41) is 3.65. The van der Waals surface area contributed by atoms with Gasteiger partial charge in [-0.3, -0.25) is 14.6 Å². The van der Waals surface area contributed by atoms with Gasteiger partial charge in [0.1, 0.15) is 22.1 Å². The Morgan fingerprint density at radius 2 is 1.90 bits per heavy atom. The number of pyridine rings is 1. The van der Waals surface area contributed by atoms with Gasteiger partial charge in [-0.15, -0.1) is 0 Å². The smallest absolute Gasteiger partial charge is 0.415 e. The molecule has 2 amide bonds. The number of nitrogens with zero attached hydrogens (tertiary/aromatic N) is 3. The Bertz CT molecular complexity index is 1580. The lowest BCUT2D eigenvalue weighted by molar-refractivity contribution is -0.143. The summed E-state index contributed by atoms with van der Waals surface area (Å²) in [7, 11) is -3.97. The molecule has 0 bridgehead atoms. The number of nitrogens with one attached hydrogen (secondary N) is 1. The number of carbonyl (C=O) groups is 3. The number of carbonyl (C=O) groups excluding carboxylic acids is 3. The number of aryl methyl sites for hydroxylation is 1. The van der Waals surface area contributed by atoms with Crippen LogP contribution in [-0.4, -0.2) is 71.1 Å². The van der Waals surface area contributed by atoms with E-state index in [0.717, 1.165) is 11.8 Å². The third kappa shape index (κ3) is 4.35. The van der Waals surface area contributed by atoms with Gasteiger partial charge in [-0.1, -0.05) is 37.5 Å². The van der Waals surface area contributed by atoms with Crippen LogP contribution >= 0.6 is 0 Å². The summed E-state index contributed by atoms with van der Waals surface area (Å²) in [6.07, 6.45) is 5.36. The highest BCUT2D eigenvalue weighted by Crippen LogP contribution is 2.38. The number of amides is 2. The molecule has 4 heterocycles. The van der Waals surface area contributed by atoms with Crippen molar-refractivity contribution in [3.05, 3.63) is 54.4 Å². The van der Waals surface area contributed by atoms with E-state index in [9.17, 15) is 22.8 Å². The highest BCUT2D eigenvalue weighted by Gasteiger charge is 2.57. The molecular weight excluding hydrogens is 536 g/mol. The van der Waals surface area contributed by atoms with E-state index in [1.165, 1.54) is 33.7 Å². The minimum atomic E-state index is -3.97. The van der Waals surface area contributed by atoms with E-state index >= 15 is 0 Å². The Balaban J connectivity index is 1.23. The number of sulfonamides is 1. The summed E-state index contributed by atoms with van der Waals surface area (Å²) in [6, 6.07) is 8.71. The molecule has 1 saturated carbocycles. The van der Waals surface area contributed by atoms with Crippen LogP contribution in [0.5, 0.6) is 5.95 Å². The van der Waals surface area contributed by atoms with Crippen LogP contribution in [0.3, 0.4) is 0 Å². The van der Waals surface area contributed by atoms with Crippen LogP contribution in [0.2, 0.25) is 0 Å². The average Bonchev–Trinajstić information content (AvgIpc) is 3.63. The van der Waals surface area contributed by atoms with Gasteiger partial charge in [0.15, 0.2) is 5.78 Å². The first-order chi connectivity index (χ1) is 19.2. The number of benzene rings is 1. The molecule has 3 aliphatic rings. The molecule has 0 spiro atoms. The summed E-state index contributed by atoms with van der Waals surface area (Å²) < 4.78 is 39.1. The second-order valence-corrected chi connectivity index (χ2v) is 12.6. The second kappa shape index (κ2) is 10.0. The Morgan fingerprint density at radius 3 is 2.62 bits per heavy atom. The zero-order valence-corrected chi connectivity index (χ0v) is 22.9. The molecule has 2 atom stereocenters. The molecule has 0 radical (unpaired) electrons. The first-order valence-electron chi connectivity index (χ1n) is 13.5. The molecule has 11 nitrogen and oxygen atoms in total. The summed E-state index contributed by atoms with van der Waals surface area (Å²) in [5.74, 6) is -0.665. The number of Topliss-reactive ketones (excluding diaryl/α,β-unsaturated/α-hetero) is 1. The summed E-state index contributed by atoms with van der Waals surface area (Å²) in [6.45, 7) is 1.68. The molecule has 6 rings (SSSR count). The molecular formula is C28H30N4O7S. The first-order valence-corrected chi connectivity index (χ1v) is 14.9. The monoisotopic (exact) mass is 566 g/mol. The lowest BCUT2D eigenvalue weighted by Gasteiger charge is -2.40. The van der Waals surface area contributed by atoms with Gasteiger partial charge >= 0.3 is 6.09 Å². The van der Waals surface area contributed by atoms with Crippen molar-refractivity contribution in [2.75, 3.05) is 13.1 Å². The van der Waals surface area contributed by atoms with Gasteiger partial charge in [-0.25, -0.2) is 13.2 Å². The fraction of sp³-hybridized carbons (Fsp3) is 0.429. The third-order valence-corrected chi connectivity index (χ3v) is 10.2. The second-order valence-electron chi connectivity index (χ2n) is 10.7. The zero-order valence-electron chi connectivity index (χ0n) is 22.0. The predicted octanol–water partition coefficient (Wildman–Crippen LogP) is 3.17. The number of hydrogen-bond donors (Lipinski definition) is 1. The number of ketones is 1. The number of fused-ring (bicyclic) bond motifs is 2. The normalized spacial score (nSPS) is 22.8. The minimum absolute atomic E-state index is 0.00210. The molecule has 2 aromatic heterocycles. The van der Waals surface area contributed by atoms with Crippen molar-refractivity contribution < 1.29 is 32.0 Å². The Labute approximate surface area is 231 Å². The molecule has 1 N–H and O–H groups in total. The van der Waals surface area contributed by atoms with Crippen molar-refractivity contribution in [2.24, 2.45) is 0 Å². The maximum Gasteiger partial charge on any atom is 0.415 e. The summed E-state index contributed by atoms with van der Waals surface area (Å²) in [4.78, 5) is 45.8. The molecule has 2 aliphatic heterocycles. The van der Waals surface area contributed by atoms with Gasteiger partial charge in [0.2, 0.25) is 15.9 Å². The largest absolute Gasteiger partial charge is 0.425 e. The van der Waals surface area contributed by atoms with Gasteiger partial charge < -0.3 is 19.4 Å². The molecule has 1 aromatic carbocycles. The number of para-hydroxylation sites is 1. The number of hydrogen-bond acceptors (Lipinski definition) is 8. The lowest BCUT2D eigenvalue weighted by Crippen LogP contribution is -2.62. The van der Waals surface area contributed by atoms with Crippen LogP contribution in [0.1, 0.15) is 44.1 Å². The molecule has 210 valence electrons. The first kappa shape index (κ1) is 26.5. The summed E-state index contributed by atoms with van der Waals surface area (Å²) >= 11 is 0. The van der Waals surface area contributed by atoms with Crippen LogP contribution in [0, 0.1) is 6.92 Å². The number of ether oxygens (including phenoxy) is 1. The molecule has 40 heavy (non-hydrogen) atoms. The Kier molecular flexibility index (Phi) is 6.62. The predicted molar refractivity (Wildman–Crippen MR) is 143 cm³/mol. The number of rotatable bonds is 5. The molecule has 2 saturated heterocycles. The van der Waals surface area contributed by atoms with Gasteiger partial charge in [0.05, 0.1) is 12.6 Å². The van der Waals surface area contributed by atoms with Crippen molar-refractivity contribution in [3.8, 4) is 5.95 Å². The summed E-state index contributed by atoms with van der Waals surface area (Å²) in [5.41, 5.74) is -0.0106. The van der Waals surface area contributed by atoms with Crippen molar-refractivity contribution in [1.29, 1.82) is 0 Å². The van der Waals surface area contributed by atoms with E-state index in [2.05, 4.69) is 10.3 Å². The highest BCUT2D eigenvalue weighted by atomic mass is 32.2. The topological polar surface area (TPSA) is 139 Å². The molecule has 12 heteroatoms. The highest BCUT2D eigenvalue weighted by molar-refractivity contribution is 7.89. The van der Waals surface area contributed by atoms with E-state index in [0.29, 0.717) is 43.3 Å². The van der Waals surface area contributed by atoms with Gasteiger partial charge in [-0.2, -0.15) is 4.31 Å². The molecule has 1 aliphatic carbocycles. The fourth-order valence-electron chi connectivity index (χ4n) is 6.33. The van der Waals surface area contributed by atoms with Crippen LogP contribution in [0.15, 0.2) is 58.1 Å². The quantitative estimate of drug-likeness (QED) is 0.497. The third-order valence-electron chi connectivity index (χ3n) is 8.32. The molecule has 3 aromatic rings. The zero-order chi connectivity index (χ0) is 28.1. The van der Waals surface area contributed by atoms with Crippen LogP contribution < -0.4 is 10.1 Å². The minimum Gasteiger partial charge on any atom is -0.425 e. The van der Waals surface area contributed by atoms with Crippen molar-refractivity contribution in [3.63, 3.8) is 0 Å². The Hall–Kier alpha value is -3.77. The van der Waals surface area contributed by atoms with E-state index in [-0.39, 0.29) is 35.6 Å². The van der Waals surface area contributed by atoms with E-state index < -0.39 is 33.7 Å². The van der Waals surface area contributed by atoms with E-state index in [1.807, 2.05) is 18.2 Å².